The van der Waals surface area contributed by atoms with E-state index in [9.17, 15) is 10.2 Å². The summed E-state index contributed by atoms with van der Waals surface area (Å²) < 4.78 is 17.1. The quantitative estimate of drug-likeness (QED) is 0.460. The first-order valence-corrected chi connectivity index (χ1v) is 10.2. The van der Waals surface area contributed by atoms with E-state index in [0.717, 1.165) is 16.7 Å². The number of rotatable bonds is 10. The van der Waals surface area contributed by atoms with Crippen LogP contribution in [0.3, 0.4) is 0 Å². The van der Waals surface area contributed by atoms with Crippen molar-refractivity contribution >= 4 is 12.2 Å². The molecule has 162 valence electrons. The van der Waals surface area contributed by atoms with Crippen molar-refractivity contribution in [2.75, 3.05) is 13.7 Å². The smallest absolute Gasteiger partial charge is 0.162 e. The van der Waals surface area contributed by atoms with E-state index in [1.807, 2.05) is 79.7 Å². The molecule has 0 spiro atoms. The Hall–Kier alpha value is -3.28. The average molecular weight is 421 g/mol. The highest BCUT2D eigenvalue weighted by molar-refractivity contribution is 5.72. The van der Waals surface area contributed by atoms with Gasteiger partial charge in [0.05, 0.1) is 26.9 Å². The highest BCUT2D eigenvalue weighted by Gasteiger charge is 2.10. The molecule has 3 aromatic carbocycles. The van der Waals surface area contributed by atoms with Gasteiger partial charge in [0.25, 0.3) is 0 Å². The SMILES string of the molecule is CCOc1ccc(C=Cc2cc(CO)c(CO)c(OC)c2)cc1OCc1ccccc1. The van der Waals surface area contributed by atoms with Crippen LogP contribution < -0.4 is 14.2 Å². The Morgan fingerprint density at radius 3 is 2.19 bits per heavy atom. The molecule has 31 heavy (non-hydrogen) atoms. The van der Waals surface area contributed by atoms with Gasteiger partial charge in [0.2, 0.25) is 0 Å². The zero-order valence-electron chi connectivity index (χ0n) is 17.9. The van der Waals surface area contributed by atoms with Gasteiger partial charge in [-0.15, -0.1) is 0 Å². The Morgan fingerprint density at radius 2 is 1.52 bits per heavy atom. The molecule has 5 nitrogen and oxygen atoms in total. The normalized spacial score (nSPS) is 11.0. The molecule has 3 aromatic rings. The molecule has 5 heteroatoms. The minimum atomic E-state index is -0.190. The second kappa shape index (κ2) is 11.2. The monoisotopic (exact) mass is 420 g/mol. The van der Waals surface area contributed by atoms with E-state index < -0.39 is 0 Å². The van der Waals surface area contributed by atoms with E-state index in [2.05, 4.69) is 0 Å². The Kier molecular flexibility index (Phi) is 8.10. The summed E-state index contributed by atoms with van der Waals surface area (Å²) in [4.78, 5) is 0. The van der Waals surface area contributed by atoms with Crippen LogP contribution in [0, 0.1) is 0 Å². The highest BCUT2D eigenvalue weighted by Crippen LogP contribution is 2.31. The second-order valence-corrected chi connectivity index (χ2v) is 6.92. The summed E-state index contributed by atoms with van der Waals surface area (Å²) in [6.45, 7) is 2.58. The van der Waals surface area contributed by atoms with Crippen LogP contribution in [0.1, 0.15) is 34.7 Å². The van der Waals surface area contributed by atoms with Gasteiger partial charge in [-0.25, -0.2) is 0 Å². The summed E-state index contributed by atoms with van der Waals surface area (Å²) in [6, 6.07) is 19.5. The van der Waals surface area contributed by atoms with Crippen molar-refractivity contribution < 1.29 is 24.4 Å². The van der Waals surface area contributed by atoms with E-state index in [1.165, 1.54) is 0 Å². The first-order valence-electron chi connectivity index (χ1n) is 10.2. The molecule has 0 heterocycles. The summed E-state index contributed by atoms with van der Waals surface area (Å²) in [7, 11) is 1.55. The molecule has 0 aliphatic carbocycles. The lowest BCUT2D eigenvalue weighted by atomic mass is 10.0. The van der Waals surface area contributed by atoms with Gasteiger partial charge in [0, 0.05) is 5.56 Å². The van der Waals surface area contributed by atoms with Crippen molar-refractivity contribution in [1.29, 1.82) is 0 Å². The Balaban J connectivity index is 1.85. The zero-order valence-corrected chi connectivity index (χ0v) is 17.9. The maximum Gasteiger partial charge on any atom is 0.162 e. The lowest BCUT2D eigenvalue weighted by Crippen LogP contribution is -2.00. The third-order valence-electron chi connectivity index (χ3n) is 4.85. The van der Waals surface area contributed by atoms with Crippen molar-refractivity contribution in [3.05, 3.63) is 88.5 Å². The number of hydrogen-bond acceptors (Lipinski definition) is 5. The van der Waals surface area contributed by atoms with Crippen LogP contribution in [0.2, 0.25) is 0 Å². The molecule has 0 fully saturated rings. The van der Waals surface area contributed by atoms with E-state index in [-0.39, 0.29) is 13.2 Å². The summed E-state index contributed by atoms with van der Waals surface area (Å²) in [5.41, 5.74) is 4.12. The van der Waals surface area contributed by atoms with Gasteiger partial charge >= 0.3 is 0 Å². The molecule has 0 radical (unpaired) electrons. The number of hydrogen-bond donors (Lipinski definition) is 2. The van der Waals surface area contributed by atoms with Crippen LogP contribution >= 0.6 is 0 Å². The zero-order chi connectivity index (χ0) is 22.1. The van der Waals surface area contributed by atoms with Crippen LogP contribution in [0.15, 0.2) is 60.7 Å². The predicted molar refractivity (Wildman–Crippen MR) is 122 cm³/mol. The number of benzene rings is 3. The van der Waals surface area contributed by atoms with Gasteiger partial charge < -0.3 is 24.4 Å². The van der Waals surface area contributed by atoms with Gasteiger partial charge in [-0.2, -0.15) is 0 Å². The van der Waals surface area contributed by atoms with E-state index in [0.29, 0.717) is 41.6 Å². The molecule has 0 unspecified atom stereocenters. The molecule has 0 bridgehead atoms. The van der Waals surface area contributed by atoms with Crippen molar-refractivity contribution in [3.63, 3.8) is 0 Å². The second-order valence-electron chi connectivity index (χ2n) is 6.92. The van der Waals surface area contributed by atoms with Crippen molar-refractivity contribution in [2.24, 2.45) is 0 Å². The van der Waals surface area contributed by atoms with Gasteiger partial charge in [-0.3, -0.25) is 0 Å². The van der Waals surface area contributed by atoms with Crippen LogP contribution in [0.25, 0.3) is 12.2 Å². The van der Waals surface area contributed by atoms with Gasteiger partial charge in [-0.05, 0) is 53.4 Å². The third kappa shape index (κ3) is 5.87. The summed E-state index contributed by atoms with van der Waals surface area (Å²) in [5, 5.41) is 19.2. The molecule has 3 rings (SSSR count). The van der Waals surface area contributed by atoms with Crippen LogP contribution in [-0.4, -0.2) is 23.9 Å². The largest absolute Gasteiger partial charge is 0.496 e. The fourth-order valence-corrected chi connectivity index (χ4v) is 3.27. The number of ether oxygens (including phenoxy) is 3. The minimum Gasteiger partial charge on any atom is -0.496 e. The molecule has 0 atom stereocenters. The maximum absolute atomic E-state index is 9.63. The van der Waals surface area contributed by atoms with Gasteiger partial charge in [-0.1, -0.05) is 48.6 Å². The van der Waals surface area contributed by atoms with E-state index >= 15 is 0 Å². The Labute approximate surface area is 183 Å². The average Bonchev–Trinajstić information content (AvgIpc) is 2.82. The fourth-order valence-electron chi connectivity index (χ4n) is 3.27. The molecular formula is C26H28O5. The summed E-state index contributed by atoms with van der Waals surface area (Å²) in [5.74, 6) is 1.93. The standard InChI is InChI=1S/C26H28O5/c1-3-30-24-12-11-19(14-26(24)31-18-20-7-5-4-6-8-20)9-10-21-13-22(16-27)23(17-28)25(15-21)29-2/h4-15,27-28H,3,16-18H2,1-2H3. The first-order chi connectivity index (χ1) is 15.2. The number of methoxy groups -OCH3 is 1. The third-order valence-corrected chi connectivity index (χ3v) is 4.85. The maximum atomic E-state index is 9.63. The number of aliphatic hydroxyl groups excluding tert-OH is 2. The molecule has 0 saturated carbocycles. The molecule has 2 N–H and O–H groups in total. The molecule has 0 amide bonds. The Morgan fingerprint density at radius 1 is 0.774 bits per heavy atom. The molecule has 0 aromatic heterocycles. The van der Waals surface area contributed by atoms with Crippen LogP contribution in [0.4, 0.5) is 0 Å². The van der Waals surface area contributed by atoms with Crippen LogP contribution in [0.5, 0.6) is 17.2 Å². The lowest BCUT2D eigenvalue weighted by molar-refractivity contribution is 0.254. The van der Waals surface area contributed by atoms with Crippen molar-refractivity contribution in [1.82, 2.24) is 0 Å². The van der Waals surface area contributed by atoms with E-state index in [1.54, 1.807) is 7.11 Å². The Bertz CT molecular complexity index is 987. The summed E-state index contributed by atoms with van der Waals surface area (Å²) in [6.07, 6.45) is 3.89. The molecule has 0 saturated heterocycles. The van der Waals surface area contributed by atoms with Crippen molar-refractivity contribution in [3.8, 4) is 17.2 Å². The molecule has 0 aliphatic heterocycles. The lowest BCUT2D eigenvalue weighted by Gasteiger charge is -2.13. The fraction of sp³-hybridized carbons (Fsp3) is 0.231. The van der Waals surface area contributed by atoms with Crippen molar-refractivity contribution in [2.45, 2.75) is 26.7 Å². The van der Waals surface area contributed by atoms with E-state index in [4.69, 9.17) is 14.2 Å². The first kappa shape index (κ1) is 22.4. The minimum absolute atomic E-state index is 0.172. The summed E-state index contributed by atoms with van der Waals surface area (Å²) >= 11 is 0. The number of aliphatic hydroxyl groups is 2. The topological polar surface area (TPSA) is 68.2 Å². The van der Waals surface area contributed by atoms with Crippen LogP contribution in [-0.2, 0) is 19.8 Å². The van der Waals surface area contributed by atoms with Gasteiger partial charge in [0.15, 0.2) is 11.5 Å². The van der Waals surface area contributed by atoms with Gasteiger partial charge in [0.1, 0.15) is 12.4 Å². The molecular weight excluding hydrogens is 392 g/mol. The molecule has 0 aliphatic rings. The predicted octanol–water partition coefficient (Wildman–Crippen LogP) is 4.83. The highest BCUT2D eigenvalue weighted by atomic mass is 16.5.